The molecule has 0 aliphatic rings. The third-order valence-corrected chi connectivity index (χ3v) is 3.75. The van der Waals surface area contributed by atoms with Crippen molar-refractivity contribution in [2.24, 2.45) is 0 Å². The summed E-state index contributed by atoms with van der Waals surface area (Å²) in [5.41, 5.74) is 5.54. The van der Waals surface area contributed by atoms with Crippen molar-refractivity contribution in [3.8, 4) is 11.5 Å². The van der Waals surface area contributed by atoms with Gasteiger partial charge in [0.05, 0.1) is 25.3 Å². The molecule has 0 saturated heterocycles. The average Bonchev–Trinajstić information content (AvgIpc) is 3.02. The molecular weight excluding hydrogens is 306 g/mol. The van der Waals surface area contributed by atoms with Crippen LogP contribution in [0.5, 0.6) is 11.5 Å². The van der Waals surface area contributed by atoms with Crippen molar-refractivity contribution in [1.82, 2.24) is 9.66 Å². The Bertz CT molecular complexity index is 835. The van der Waals surface area contributed by atoms with Gasteiger partial charge in [0.2, 0.25) is 5.91 Å². The molecule has 1 aromatic heterocycles. The third kappa shape index (κ3) is 3.48. The van der Waals surface area contributed by atoms with Crippen LogP contribution in [0.2, 0.25) is 0 Å². The number of benzene rings is 2. The summed E-state index contributed by atoms with van der Waals surface area (Å²) in [6, 6.07) is 13.3. The number of nitrogens with one attached hydrogen (secondary N) is 1. The van der Waals surface area contributed by atoms with Crippen LogP contribution in [0, 0.1) is 0 Å². The molecule has 0 bridgehead atoms. The molecule has 3 rings (SSSR count). The monoisotopic (exact) mass is 325 g/mol. The van der Waals surface area contributed by atoms with Gasteiger partial charge in [-0.15, -0.1) is 0 Å². The van der Waals surface area contributed by atoms with E-state index in [2.05, 4.69) is 10.4 Å². The molecule has 3 aromatic rings. The third-order valence-electron chi connectivity index (χ3n) is 3.75. The lowest BCUT2D eigenvalue weighted by molar-refractivity contribution is -0.117. The van der Waals surface area contributed by atoms with Gasteiger partial charge in [0.25, 0.3) is 0 Å². The van der Waals surface area contributed by atoms with Crippen LogP contribution in [0.25, 0.3) is 11.0 Å². The number of rotatable bonds is 6. The van der Waals surface area contributed by atoms with Crippen LogP contribution < -0.4 is 14.9 Å². The Morgan fingerprint density at radius 1 is 1.12 bits per heavy atom. The molecule has 0 unspecified atom stereocenters. The van der Waals surface area contributed by atoms with E-state index in [1.807, 2.05) is 36.4 Å². The summed E-state index contributed by atoms with van der Waals surface area (Å²) < 4.78 is 12.1. The first-order chi connectivity index (χ1) is 11.7. The molecule has 0 spiro atoms. The highest BCUT2D eigenvalue weighted by atomic mass is 16.5. The van der Waals surface area contributed by atoms with Crippen LogP contribution in [0.3, 0.4) is 0 Å². The lowest BCUT2D eigenvalue weighted by Gasteiger charge is -2.09. The maximum absolute atomic E-state index is 12.2. The number of para-hydroxylation sites is 2. The van der Waals surface area contributed by atoms with Gasteiger partial charge in [-0.25, -0.2) is 9.66 Å². The molecule has 0 aliphatic carbocycles. The summed E-state index contributed by atoms with van der Waals surface area (Å²) in [5.74, 6) is 1.34. The fraction of sp³-hybridized carbons (Fsp3) is 0.222. The molecule has 0 aliphatic heterocycles. The van der Waals surface area contributed by atoms with Crippen LogP contribution in [0.4, 0.5) is 0 Å². The summed E-state index contributed by atoms with van der Waals surface area (Å²) in [6.07, 6.45) is 2.55. The average molecular weight is 325 g/mol. The maximum Gasteiger partial charge on any atom is 0.239 e. The Labute approximate surface area is 140 Å². The van der Waals surface area contributed by atoms with Crippen molar-refractivity contribution in [2.45, 2.75) is 12.8 Å². The number of aromatic nitrogens is 2. The van der Waals surface area contributed by atoms with Gasteiger partial charge in [-0.05, 0) is 36.2 Å². The normalized spacial score (nSPS) is 10.6. The first kappa shape index (κ1) is 15.9. The van der Waals surface area contributed by atoms with Crippen LogP contribution in [0.1, 0.15) is 12.0 Å². The predicted molar refractivity (Wildman–Crippen MR) is 92.0 cm³/mol. The first-order valence-corrected chi connectivity index (χ1v) is 7.63. The Balaban J connectivity index is 1.65. The Hall–Kier alpha value is -3.02. The van der Waals surface area contributed by atoms with E-state index in [0.717, 1.165) is 16.6 Å². The van der Waals surface area contributed by atoms with Crippen molar-refractivity contribution in [3.63, 3.8) is 0 Å². The van der Waals surface area contributed by atoms with Gasteiger partial charge in [-0.1, -0.05) is 12.1 Å². The zero-order valence-corrected chi connectivity index (χ0v) is 13.7. The number of amides is 1. The fourth-order valence-corrected chi connectivity index (χ4v) is 2.51. The summed E-state index contributed by atoms with van der Waals surface area (Å²) in [6.45, 7) is 0. The highest BCUT2D eigenvalue weighted by Crippen LogP contribution is 2.23. The molecule has 24 heavy (non-hydrogen) atoms. The van der Waals surface area contributed by atoms with E-state index in [1.165, 1.54) is 0 Å². The number of methoxy groups -OCH3 is 2. The molecule has 0 radical (unpaired) electrons. The molecule has 1 heterocycles. The summed E-state index contributed by atoms with van der Waals surface area (Å²) in [4.78, 5) is 16.5. The molecule has 2 aromatic carbocycles. The van der Waals surface area contributed by atoms with Gasteiger partial charge in [0.15, 0.2) is 0 Å². The number of fused-ring (bicyclic) bond motifs is 1. The van der Waals surface area contributed by atoms with Gasteiger partial charge >= 0.3 is 0 Å². The zero-order valence-electron chi connectivity index (χ0n) is 13.7. The molecule has 124 valence electrons. The Kier molecular flexibility index (Phi) is 4.65. The number of aryl methyl sites for hydroxylation is 1. The minimum Gasteiger partial charge on any atom is -0.497 e. The molecule has 6 heteroatoms. The number of carbonyl (C=O) groups is 1. The van der Waals surface area contributed by atoms with E-state index in [9.17, 15) is 4.79 Å². The topological polar surface area (TPSA) is 65.4 Å². The number of carbonyl (C=O) groups excluding carboxylic acids is 1. The quantitative estimate of drug-likeness (QED) is 0.757. The van der Waals surface area contributed by atoms with Crippen molar-refractivity contribution in [1.29, 1.82) is 0 Å². The zero-order chi connectivity index (χ0) is 16.9. The number of ether oxygens (including phenoxy) is 2. The largest absolute Gasteiger partial charge is 0.497 e. The number of hydrogen-bond acceptors (Lipinski definition) is 4. The van der Waals surface area contributed by atoms with Gasteiger partial charge < -0.3 is 9.47 Å². The predicted octanol–water partition coefficient (Wildman–Crippen LogP) is 2.76. The van der Waals surface area contributed by atoms with Crippen molar-refractivity contribution in [3.05, 3.63) is 54.4 Å². The number of nitrogens with zero attached hydrogens (tertiary/aromatic N) is 2. The van der Waals surface area contributed by atoms with Gasteiger partial charge in [-0.3, -0.25) is 10.2 Å². The maximum atomic E-state index is 12.2. The van der Waals surface area contributed by atoms with Gasteiger partial charge in [0.1, 0.15) is 17.8 Å². The van der Waals surface area contributed by atoms with E-state index in [1.54, 1.807) is 31.3 Å². The minimum atomic E-state index is -0.0834. The van der Waals surface area contributed by atoms with Gasteiger partial charge in [0, 0.05) is 12.5 Å². The highest BCUT2D eigenvalue weighted by molar-refractivity contribution is 5.86. The molecule has 6 nitrogen and oxygen atoms in total. The number of hydrogen-bond donors (Lipinski definition) is 1. The standard InChI is InChI=1S/C18H19N3O3/c1-23-14-9-13(10-15(11-14)24-2)7-8-18(22)20-21-12-19-16-5-3-4-6-17(16)21/h3-6,9-12H,7-8H2,1-2H3,(H,20,22). The molecule has 0 atom stereocenters. The van der Waals surface area contributed by atoms with Crippen molar-refractivity contribution < 1.29 is 14.3 Å². The summed E-state index contributed by atoms with van der Waals surface area (Å²) >= 11 is 0. The molecule has 0 fully saturated rings. The summed E-state index contributed by atoms with van der Waals surface area (Å²) in [5, 5.41) is 0. The molecular formula is C18H19N3O3. The SMILES string of the molecule is COc1cc(CCC(=O)Nn2cnc3ccccc32)cc(OC)c1. The van der Waals surface area contributed by atoms with Gasteiger partial charge in [-0.2, -0.15) is 0 Å². The second-order valence-electron chi connectivity index (χ2n) is 5.36. The Morgan fingerprint density at radius 2 is 1.83 bits per heavy atom. The van der Waals surface area contributed by atoms with E-state index in [4.69, 9.17) is 9.47 Å². The Morgan fingerprint density at radius 3 is 2.54 bits per heavy atom. The minimum absolute atomic E-state index is 0.0834. The van der Waals surface area contributed by atoms with Crippen LogP contribution >= 0.6 is 0 Å². The van der Waals surface area contributed by atoms with E-state index >= 15 is 0 Å². The molecule has 0 saturated carbocycles. The first-order valence-electron chi connectivity index (χ1n) is 7.63. The van der Waals surface area contributed by atoms with E-state index in [0.29, 0.717) is 24.3 Å². The second-order valence-corrected chi connectivity index (χ2v) is 5.36. The lowest BCUT2D eigenvalue weighted by atomic mass is 10.1. The van der Waals surface area contributed by atoms with E-state index in [-0.39, 0.29) is 5.91 Å². The highest BCUT2D eigenvalue weighted by Gasteiger charge is 2.08. The van der Waals surface area contributed by atoms with Crippen LogP contribution in [-0.2, 0) is 11.2 Å². The molecule has 1 N–H and O–H groups in total. The lowest BCUT2D eigenvalue weighted by Crippen LogP contribution is -2.22. The van der Waals surface area contributed by atoms with Crippen molar-refractivity contribution in [2.75, 3.05) is 19.6 Å². The second kappa shape index (κ2) is 7.04. The summed E-state index contributed by atoms with van der Waals surface area (Å²) in [7, 11) is 3.21. The fourth-order valence-electron chi connectivity index (χ4n) is 2.51. The van der Waals surface area contributed by atoms with Crippen LogP contribution in [-0.4, -0.2) is 29.8 Å². The smallest absolute Gasteiger partial charge is 0.239 e. The van der Waals surface area contributed by atoms with E-state index < -0.39 is 0 Å². The number of imidazole rings is 1. The van der Waals surface area contributed by atoms with Crippen LogP contribution in [0.15, 0.2) is 48.8 Å². The molecule has 1 amide bonds. The van der Waals surface area contributed by atoms with Crippen molar-refractivity contribution >= 4 is 16.9 Å².